The summed E-state index contributed by atoms with van der Waals surface area (Å²) < 4.78 is 12.6. The Labute approximate surface area is 213 Å². The van der Waals surface area contributed by atoms with Gasteiger partial charge in [0, 0.05) is 17.6 Å². The number of fused-ring (bicyclic) bond motifs is 1. The molecule has 0 saturated carbocycles. The third-order valence-corrected chi connectivity index (χ3v) is 5.87. The molecule has 8 heteroatoms. The molecule has 0 unspecified atom stereocenters. The zero-order valence-electron chi connectivity index (χ0n) is 20.2. The molecule has 2 aromatic heterocycles. The fourth-order valence-corrected chi connectivity index (χ4v) is 3.98. The van der Waals surface area contributed by atoms with E-state index in [-0.39, 0.29) is 5.91 Å². The van der Waals surface area contributed by atoms with Gasteiger partial charge in [-0.15, -0.1) is 0 Å². The van der Waals surface area contributed by atoms with Crippen LogP contribution in [-0.4, -0.2) is 22.6 Å². The summed E-state index contributed by atoms with van der Waals surface area (Å²) in [4.78, 5) is 13.1. The van der Waals surface area contributed by atoms with Crippen LogP contribution < -0.4 is 20.1 Å². The number of nitrogens with zero attached hydrogens (tertiary/aromatic N) is 3. The zero-order chi connectivity index (χ0) is 25.8. The van der Waals surface area contributed by atoms with Gasteiger partial charge in [0.15, 0.2) is 0 Å². The number of ether oxygens (including phenoxy) is 2. The number of benzene rings is 3. The SMILES string of the molecule is COc1ccc(NC(=O)c2cn3ncc(C#N)c(Nc4ccc(Oc5ccccc5)cc4)c3c2C)cc1. The Bertz CT molecular complexity index is 1600. The van der Waals surface area contributed by atoms with E-state index in [1.54, 1.807) is 42.1 Å². The smallest absolute Gasteiger partial charge is 0.257 e. The van der Waals surface area contributed by atoms with Gasteiger partial charge in [-0.1, -0.05) is 18.2 Å². The quantitative estimate of drug-likeness (QED) is 0.278. The summed E-state index contributed by atoms with van der Waals surface area (Å²) in [6.07, 6.45) is 3.14. The maximum Gasteiger partial charge on any atom is 0.257 e. The number of para-hydroxylation sites is 1. The number of nitriles is 1. The highest BCUT2D eigenvalue weighted by Crippen LogP contribution is 2.31. The number of carbonyl (C=O) groups is 1. The standard InChI is InChI=1S/C29H23N5O3/c1-19-26(29(35)33-22-8-12-23(36-2)13-9-22)18-34-28(19)27(20(16-30)17-31-34)32-21-10-14-25(15-11-21)37-24-6-4-3-5-7-24/h3-15,17-18,32H,1-2H3,(H,33,35). The molecule has 0 atom stereocenters. The first-order chi connectivity index (χ1) is 18.1. The Kier molecular flexibility index (Phi) is 6.43. The lowest BCUT2D eigenvalue weighted by Crippen LogP contribution is -2.12. The summed E-state index contributed by atoms with van der Waals surface area (Å²) in [5, 5.41) is 20.3. The number of nitrogens with one attached hydrogen (secondary N) is 2. The molecule has 0 aliphatic rings. The third kappa shape index (κ3) is 4.92. The normalized spacial score (nSPS) is 10.5. The van der Waals surface area contributed by atoms with Crippen LogP contribution in [0, 0.1) is 18.3 Å². The van der Waals surface area contributed by atoms with Crippen LogP contribution in [0.3, 0.4) is 0 Å². The van der Waals surface area contributed by atoms with Gasteiger partial charge in [-0.2, -0.15) is 10.4 Å². The second-order valence-corrected chi connectivity index (χ2v) is 8.25. The van der Waals surface area contributed by atoms with E-state index >= 15 is 0 Å². The molecule has 1 amide bonds. The number of carbonyl (C=O) groups excluding carboxylic acids is 1. The number of aromatic nitrogens is 2. The highest BCUT2D eigenvalue weighted by molar-refractivity contribution is 6.07. The molecule has 0 fully saturated rings. The summed E-state index contributed by atoms with van der Waals surface area (Å²) in [5.41, 5.74) is 4.12. The minimum Gasteiger partial charge on any atom is -0.497 e. The van der Waals surface area contributed by atoms with Gasteiger partial charge in [0.1, 0.15) is 23.3 Å². The molecule has 37 heavy (non-hydrogen) atoms. The Balaban J connectivity index is 1.43. The van der Waals surface area contributed by atoms with Gasteiger partial charge in [0.05, 0.1) is 35.6 Å². The molecule has 2 N–H and O–H groups in total. The minimum atomic E-state index is -0.278. The van der Waals surface area contributed by atoms with Crippen molar-refractivity contribution in [2.24, 2.45) is 0 Å². The van der Waals surface area contributed by atoms with Gasteiger partial charge in [-0.3, -0.25) is 4.79 Å². The number of rotatable bonds is 7. The molecule has 0 radical (unpaired) electrons. The van der Waals surface area contributed by atoms with E-state index in [1.807, 2.05) is 61.5 Å². The van der Waals surface area contributed by atoms with Crippen LogP contribution in [0.25, 0.3) is 5.52 Å². The number of methoxy groups -OCH3 is 1. The van der Waals surface area contributed by atoms with Gasteiger partial charge in [0.25, 0.3) is 5.91 Å². The molecule has 3 aromatic carbocycles. The number of amides is 1. The fraction of sp³-hybridized carbons (Fsp3) is 0.0690. The van der Waals surface area contributed by atoms with Crippen LogP contribution in [0.4, 0.5) is 17.1 Å². The highest BCUT2D eigenvalue weighted by Gasteiger charge is 2.20. The van der Waals surface area contributed by atoms with Gasteiger partial charge < -0.3 is 20.1 Å². The molecule has 0 bridgehead atoms. The molecule has 0 aliphatic carbocycles. The van der Waals surface area contributed by atoms with E-state index in [9.17, 15) is 10.1 Å². The van der Waals surface area contributed by atoms with E-state index in [2.05, 4.69) is 21.8 Å². The molecule has 182 valence electrons. The van der Waals surface area contributed by atoms with Crippen LogP contribution in [0.2, 0.25) is 0 Å². The molecular formula is C29H23N5O3. The van der Waals surface area contributed by atoms with Crippen molar-refractivity contribution in [2.45, 2.75) is 6.92 Å². The summed E-state index contributed by atoms with van der Waals surface area (Å²) in [6.45, 7) is 1.84. The number of anilines is 3. The third-order valence-electron chi connectivity index (χ3n) is 5.87. The van der Waals surface area contributed by atoms with Gasteiger partial charge >= 0.3 is 0 Å². The van der Waals surface area contributed by atoms with Crippen LogP contribution in [0.1, 0.15) is 21.5 Å². The maximum absolute atomic E-state index is 13.1. The van der Waals surface area contributed by atoms with E-state index in [0.29, 0.717) is 45.1 Å². The van der Waals surface area contributed by atoms with Gasteiger partial charge in [0.2, 0.25) is 0 Å². The van der Waals surface area contributed by atoms with Gasteiger partial charge in [-0.05, 0) is 73.2 Å². The van der Waals surface area contributed by atoms with Crippen molar-refractivity contribution < 1.29 is 14.3 Å². The summed E-state index contributed by atoms with van der Waals surface area (Å²) in [6, 6.07) is 26.2. The largest absolute Gasteiger partial charge is 0.497 e. The van der Waals surface area contributed by atoms with Crippen molar-refractivity contribution in [3.63, 3.8) is 0 Å². The summed E-state index contributed by atoms with van der Waals surface area (Å²) in [7, 11) is 1.59. The first-order valence-corrected chi connectivity index (χ1v) is 11.5. The van der Waals surface area contributed by atoms with Crippen molar-refractivity contribution in [3.8, 4) is 23.3 Å². The molecule has 0 aliphatic heterocycles. The average Bonchev–Trinajstić information content (AvgIpc) is 3.27. The van der Waals surface area contributed by atoms with E-state index < -0.39 is 0 Å². The highest BCUT2D eigenvalue weighted by atomic mass is 16.5. The van der Waals surface area contributed by atoms with Crippen LogP contribution in [0.5, 0.6) is 17.2 Å². The topological polar surface area (TPSA) is 101 Å². The van der Waals surface area contributed by atoms with Crippen molar-refractivity contribution in [1.82, 2.24) is 9.61 Å². The van der Waals surface area contributed by atoms with Crippen LogP contribution >= 0.6 is 0 Å². The number of hydrogen-bond acceptors (Lipinski definition) is 6. The van der Waals surface area contributed by atoms with Crippen molar-refractivity contribution in [2.75, 3.05) is 17.7 Å². The molecule has 0 saturated heterocycles. The Hall–Kier alpha value is -5.29. The number of aryl methyl sites for hydroxylation is 1. The van der Waals surface area contributed by atoms with Crippen molar-refractivity contribution >= 4 is 28.5 Å². The molecule has 5 aromatic rings. The Morgan fingerprint density at radius 2 is 1.57 bits per heavy atom. The lowest BCUT2D eigenvalue weighted by atomic mass is 10.1. The first kappa shape index (κ1) is 23.5. The van der Waals surface area contributed by atoms with Crippen LogP contribution in [-0.2, 0) is 0 Å². The molecule has 5 rings (SSSR count). The monoisotopic (exact) mass is 489 g/mol. The minimum absolute atomic E-state index is 0.278. The van der Waals surface area contributed by atoms with Crippen LogP contribution in [0.15, 0.2) is 91.3 Å². The van der Waals surface area contributed by atoms with E-state index in [4.69, 9.17) is 9.47 Å². The van der Waals surface area contributed by atoms with Crippen molar-refractivity contribution in [3.05, 3.63) is 108 Å². The molecule has 2 heterocycles. The maximum atomic E-state index is 13.1. The number of hydrogen-bond donors (Lipinski definition) is 2. The van der Waals surface area contributed by atoms with Gasteiger partial charge in [-0.25, -0.2) is 4.52 Å². The lowest BCUT2D eigenvalue weighted by Gasteiger charge is -2.12. The fourth-order valence-electron chi connectivity index (χ4n) is 3.98. The first-order valence-electron chi connectivity index (χ1n) is 11.5. The predicted octanol–water partition coefficient (Wildman–Crippen LogP) is 6.31. The summed E-state index contributed by atoms with van der Waals surface area (Å²) >= 11 is 0. The molecular weight excluding hydrogens is 466 g/mol. The second kappa shape index (κ2) is 10.1. The summed E-state index contributed by atoms with van der Waals surface area (Å²) in [5.74, 6) is 1.86. The Morgan fingerprint density at radius 1 is 0.919 bits per heavy atom. The van der Waals surface area contributed by atoms with E-state index in [1.165, 1.54) is 6.20 Å². The van der Waals surface area contributed by atoms with Crippen molar-refractivity contribution in [1.29, 1.82) is 5.26 Å². The second-order valence-electron chi connectivity index (χ2n) is 8.25. The Morgan fingerprint density at radius 3 is 2.24 bits per heavy atom. The lowest BCUT2D eigenvalue weighted by molar-refractivity contribution is 0.102. The predicted molar refractivity (Wildman–Crippen MR) is 142 cm³/mol. The average molecular weight is 490 g/mol. The molecule has 8 nitrogen and oxygen atoms in total. The molecule has 0 spiro atoms. The zero-order valence-corrected chi connectivity index (χ0v) is 20.2. The van der Waals surface area contributed by atoms with E-state index in [0.717, 1.165) is 11.4 Å².